The molecular weight excluding hydrogens is 544 g/mol. The van der Waals surface area contributed by atoms with Gasteiger partial charge in [0.05, 0.1) is 36.8 Å². The molecule has 0 radical (unpaired) electrons. The predicted molar refractivity (Wildman–Crippen MR) is 154 cm³/mol. The normalized spacial score (nSPS) is 29.3. The number of nitrogens with zero attached hydrogens (tertiary/aromatic N) is 2. The molecule has 1 saturated carbocycles. The second-order valence-corrected chi connectivity index (χ2v) is 12.1. The number of hydrogen-bond acceptors (Lipinski definition) is 6. The second-order valence-electron chi connectivity index (χ2n) is 12.1. The number of allylic oxidation sites excluding steroid dienone is 1. The summed E-state index contributed by atoms with van der Waals surface area (Å²) in [5.41, 5.74) is 0.895. The maximum Gasteiger partial charge on any atom is 0.339 e. The molecule has 0 spiro atoms. The molecule has 43 heavy (non-hydrogen) atoms. The third kappa shape index (κ3) is 3.85. The maximum absolute atomic E-state index is 14.3. The molecule has 0 N–H and O–H groups in total. The van der Waals surface area contributed by atoms with Gasteiger partial charge in [-0.1, -0.05) is 91.4 Å². The van der Waals surface area contributed by atoms with Crippen molar-refractivity contribution in [3.8, 4) is 5.75 Å². The van der Waals surface area contributed by atoms with Crippen LogP contribution in [0.15, 0.2) is 102 Å². The van der Waals surface area contributed by atoms with Crippen LogP contribution in [0.2, 0.25) is 0 Å². The molecule has 3 fully saturated rings. The van der Waals surface area contributed by atoms with Crippen molar-refractivity contribution >= 4 is 29.6 Å². The van der Waals surface area contributed by atoms with E-state index in [0.29, 0.717) is 11.3 Å². The number of rotatable bonds is 6. The van der Waals surface area contributed by atoms with Gasteiger partial charge in [0.15, 0.2) is 0 Å². The zero-order chi connectivity index (χ0) is 30.0. The number of ether oxygens (including phenoxy) is 1. The molecule has 3 unspecified atom stereocenters. The molecule has 4 amide bonds. The molecular formula is C35H30N2O6. The molecule has 2 bridgehead atoms. The Labute approximate surface area is 248 Å². The van der Waals surface area contributed by atoms with Crippen LogP contribution in [-0.4, -0.2) is 39.4 Å². The van der Waals surface area contributed by atoms with Gasteiger partial charge in [0, 0.05) is 16.9 Å². The van der Waals surface area contributed by atoms with Gasteiger partial charge in [-0.2, -0.15) is 0 Å². The van der Waals surface area contributed by atoms with Gasteiger partial charge in [0.25, 0.3) is 0 Å². The summed E-state index contributed by atoms with van der Waals surface area (Å²) < 4.78 is 5.79. The highest BCUT2D eigenvalue weighted by Gasteiger charge is 2.76. The van der Waals surface area contributed by atoms with Gasteiger partial charge in [-0.3, -0.25) is 29.0 Å². The number of carbonyl (C=O) groups is 5. The molecule has 2 aliphatic heterocycles. The Balaban J connectivity index is 1.34. The molecule has 2 saturated heterocycles. The Kier molecular flexibility index (Phi) is 6.20. The summed E-state index contributed by atoms with van der Waals surface area (Å²) >= 11 is 0. The van der Waals surface area contributed by atoms with Crippen LogP contribution in [-0.2, 0) is 37.1 Å². The Morgan fingerprint density at radius 3 is 1.51 bits per heavy atom. The van der Waals surface area contributed by atoms with Gasteiger partial charge >= 0.3 is 5.97 Å². The summed E-state index contributed by atoms with van der Waals surface area (Å²) in [5, 5.41) is 0. The lowest BCUT2D eigenvalue weighted by molar-refractivity contribution is -0.152. The van der Waals surface area contributed by atoms with Crippen molar-refractivity contribution in [1.29, 1.82) is 0 Å². The first-order valence-electron chi connectivity index (χ1n) is 14.5. The summed E-state index contributed by atoms with van der Waals surface area (Å²) in [6.07, 6.45) is 0. The molecule has 3 aliphatic carbocycles. The fraction of sp³-hybridized carbons (Fsp3) is 0.286. The zero-order valence-corrected chi connectivity index (χ0v) is 23.8. The summed E-state index contributed by atoms with van der Waals surface area (Å²) in [6, 6.07) is 27.0. The first kappa shape index (κ1) is 27.0. The van der Waals surface area contributed by atoms with E-state index in [4.69, 9.17) is 4.74 Å². The predicted octanol–water partition coefficient (Wildman–Crippen LogP) is 4.16. The average molecular weight is 575 g/mol. The first-order chi connectivity index (χ1) is 20.7. The van der Waals surface area contributed by atoms with Crippen LogP contribution in [0, 0.1) is 35.0 Å². The highest BCUT2D eigenvalue weighted by atomic mass is 16.5. The number of benzene rings is 3. The minimum Gasteiger partial charge on any atom is -0.423 e. The first-order valence-corrected chi connectivity index (χ1v) is 14.5. The average Bonchev–Trinajstić information content (AvgIpc) is 3.41. The molecule has 5 aliphatic rings. The molecule has 8 heteroatoms. The van der Waals surface area contributed by atoms with Gasteiger partial charge in [-0.25, -0.2) is 4.79 Å². The highest BCUT2D eigenvalue weighted by Crippen LogP contribution is 2.68. The zero-order valence-electron chi connectivity index (χ0n) is 23.8. The Morgan fingerprint density at radius 2 is 1.07 bits per heavy atom. The van der Waals surface area contributed by atoms with E-state index < -0.39 is 52.8 Å². The molecule has 3 aromatic rings. The minimum absolute atomic E-state index is 0.0779. The summed E-state index contributed by atoms with van der Waals surface area (Å²) in [7, 11) is 0. The number of esters is 1. The van der Waals surface area contributed by atoms with Crippen LogP contribution in [0.1, 0.15) is 25.0 Å². The molecule has 0 aromatic heterocycles. The van der Waals surface area contributed by atoms with Gasteiger partial charge in [0.2, 0.25) is 23.6 Å². The number of amides is 4. The van der Waals surface area contributed by atoms with E-state index in [1.165, 1.54) is 9.80 Å². The third-order valence-corrected chi connectivity index (χ3v) is 9.91. The van der Waals surface area contributed by atoms with Crippen LogP contribution in [0.25, 0.3) is 0 Å². The van der Waals surface area contributed by atoms with Crippen molar-refractivity contribution < 1.29 is 28.7 Å². The quantitative estimate of drug-likeness (QED) is 0.249. The van der Waals surface area contributed by atoms with Crippen LogP contribution in [0.3, 0.4) is 0 Å². The number of hydrogen-bond donors (Lipinski definition) is 0. The summed E-state index contributed by atoms with van der Waals surface area (Å²) in [6.45, 7) is 3.60. The number of imide groups is 2. The largest absolute Gasteiger partial charge is 0.423 e. The van der Waals surface area contributed by atoms with E-state index in [1.807, 2.05) is 60.7 Å². The lowest BCUT2D eigenvalue weighted by atomic mass is 9.43. The highest BCUT2D eigenvalue weighted by molar-refractivity contribution is 6.13. The van der Waals surface area contributed by atoms with E-state index in [0.717, 1.165) is 11.1 Å². The lowest BCUT2D eigenvalue weighted by Crippen LogP contribution is -2.61. The fourth-order valence-corrected chi connectivity index (χ4v) is 8.22. The molecule has 8 rings (SSSR count). The molecule has 2 heterocycles. The molecule has 3 aromatic carbocycles. The van der Waals surface area contributed by atoms with E-state index in [-0.39, 0.29) is 30.5 Å². The molecule has 8 nitrogen and oxygen atoms in total. The van der Waals surface area contributed by atoms with Crippen molar-refractivity contribution in [2.75, 3.05) is 0 Å². The van der Waals surface area contributed by atoms with Crippen LogP contribution in [0.5, 0.6) is 5.75 Å². The topological polar surface area (TPSA) is 101 Å². The Bertz CT molecular complexity index is 1610. The van der Waals surface area contributed by atoms with E-state index in [2.05, 4.69) is 0 Å². The van der Waals surface area contributed by atoms with Gasteiger partial charge in [-0.15, -0.1) is 0 Å². The van der Waals surface area contributed by atoms with Crippen molar-refractivity contribution in [3.05, 3.63) is 113 Å². The fourth-order valence-electron chi connectivity index (χ4n) is 8.22. The third-order valence-electron chi connectivity index (χ3n) is 9.91. The monoisotopic (exact) mass is 574 g/mol. The smallest absolute Gasteiger partial charge is 0.339 e. The number of carbonyl (C=O) groups excluding carboxylic acids is 5. The SMILES string of the molecule is CC1=C(C(=O)Oc2ccccc2)C2(C)[C@H]3C(=O)N(Cc4ccccc4)C(=O)C3C1[C@@H]1C(=O)N(Cc3ccccc3)C(=O)[C@@H]12. The Hall–Kier alpha value is -4.85. The van der Waals surface area contributed by atoms with Crippen LogP contribution >= 0.6 is 0 Å². The van der Waals surface area contributed by atoms with Crippen molar-refractivity contribution in [2.24, 2.45) is 35.0 Å². The van der Waals surface area contributed by atoms with Crippen LogP contribution < -0.4 is 4.74 Å². The van der Waals surface area contributed by atoms with Gasteiger partial charge < -0.3 is 4.74 Å². The van der Waals surface area contributed by atoms with Gasteiger partial charge in [-0.05, 0) is 30.2 Å². The Morgan fingerprint density at radius 1 is 0.651 bits per heavy atom. The van der Waals surface area contributed by atoms with Crippen molar-refractivity contribution in [2.45, 2.75) is 26.9 Å². The summed E-state index contributed by atoms with van der Waals surface area (Å²) in [5.74, 6) is -6.40. The van der Waals surface area contributed by atoms with Gasteiger partial charge in [0.1, 0.15) is 5.75 Å². The maximum atomic E-state index is 14.3. The van der Waals surface area contributed by atoms with Crippen LogP contribution in [0.4, 0.5) is 0 Å². The minimum atomic E-state index is -1.43. The van der Waals surface area contributed by atoms with E-state index >= 15 is 0 Å². The van der Waals surface area contributed by atoms with E-state index in [1.54, 1.807) is 44.2 Å². The second kappa shape index (κ2) is 9.87. The lowest BCUT2D eigenvalue weighted by Gasteiger charge is -2.55. The molecule has 6 atom stereocenters. The van der Waals surface area contributed by atoms with Crippen molar-refractivity contribution in [3.63, 3.8) is 0 Å². The standard InChI is InChI=1S/C35H30N2O6/c1-20-24-25-28(32(40)36(30(25)38)18-21-12-6-3-7-13-21)35(2,27(20)34(42)43-23-16-10-5-11-17-23)29-26(24)31(39)37(33(29)41)19-22-14-8-4-9-15-22/h3-17,24-26,28-29H,18-19H2,1-2H3/t24?,25-,26?,28+,29+,35?/m0/s1. The summed E-state index contributed by atoms with van der Waals surface area (Å²) in [4.78, 5) is 73.2. The molecule has 216 valence electrons. The number of likely N-dealkylation sites (tertiary alicyclic amines) is 2. The number of para-hydroxylation sites is 1. The van der Waals surface area contributed by atoms with Crippen molar-refractivity contribution in [1.82, 2.24) is 9.80 Å². The van der Waals surface area contributed by atoms with E-state index in [9.17, 15) is 24.0 Å².